The van der Waals surface area contributed by atoms with Crippen LogP contribution >= 0.6 is 0 Å². The first-order valence-corrected chi connectivity index (χ1v) is 5.57. The lowest BCUT2D eigenvalue weighted by Crippen LogP contribution is -2.26. The van der Waals surface area contributed by atoms with E-state index in [0.717, 1.165) is 0 Å². The Bertz CT molecular complexity index is 481. The Kier molecular flexibility index (Phi) is 4.99. The van der Waals surface area contributed by atoms with Crippen LogP contribution in [0.4, 0.5) is 5.69 Å². The molecule has 0 saturated carbocycles. The highest BCUT2D eigenvalue weighted by Gasteiger charge is 2.20. The van der Waals surface area contributed by atoms with Gasteiger partial charge in [-0.05, 0) is 26.0 Å². The Morgan fingerprint density at radius 1 is 1.32 bits per heavy atom. The van der Waals surface area contributed by atoms with E-state index in [1.165, 1.54) is 31.2 Å². The Morgan fingerprint density at radius 3 is 2.37 bits per heavy atom. The van der Waals surface area contributed by atoms with Gasteiger partial charge in [-0.1, -0.05) is 0 Å². The molecule has 7 heteroatoms. The van der Waals surface area contributed by atoms with Gasteiger partial charge in [0.2, 0.25) is 0 Å². The monoisotopic (exact) mass is 267 g/mol. The molecule has 0 N–H and O–H groups in total. The second kappa shape index (κ2) is 6.48. The number of nitro benzene ring substituents is 1. The van der Waals surface area contributed by atoms with Crippen LogP contribution in [0.1, 0.15) is 24.2 Å². The lowest BCUT2D eigenvalue weighted by atomic mass is 10.2. The van der Waals surface area contributed by atoms with E-state index < -0.39 is 23.0 Å². The third kappa shape index (κ3) is 4.06. The lowest BCUT2D eigenvalue weighted by molar-refractivity contribution is -0.384. The molecular weight excluding hydrogens is 254 g/mol. The molecule has 0 aliphatic carbocycles. The standard InChI is InChI=1S/C12H13NO6/c1-3-18-11(14)8(2)19-12(15)9-4-6-10(7-5-9)13(16)17/h4-8H,3H2,1-2H3. The van der Waals surface area contributed by atoms with E-state index in [0.29, 0.717) is 0 Å². The Labute approximate surface area is 109 Å². The van der Waals surface area contributed by atoms with E-state index in [9.17, 15) is 19.7 Å². The van der Waals surface area contributed by atoms with Crippen LogP contribution in [0.2, 0.25) is 0 Å². The maximum Gasteiger partial charge on any atom is 0.347 e. The van der Waals surface area contributed by atoms with E-state index >= 15 is 0 Å². The number of carbonyl (C=O) groups excluding carboxylic acids is 2. The molecule has 0 aliphatic heterocycles. The van der Waals surface area contributed by atoms with Crippen molar-refractivity contribution in [3.63, 3.8) is 0 Å². The van der Waals surface area contributed by atoms with Gasteiger partial charge in [0.1, 0.15) is 0 Å². The minimum atomic E-state index is -1.03. The summed E-state index contributed by atoms with van der Waals surface area (Å²) in [6.07, 6.45) is -1.03. The highest BCUT2D eigenvalue weighted by molar-refractivity contribution is 5.91. The number of ether oxygens (including phenoxy) is 2. The number of nitrogens with zero attached hydrogens (tertiary/aromatic N) is 1. The minimum absolute atomic E-state index is 0.127. The third-order valence-electron chi connectivity index (χ3n) is 2.22. The topological polar surface area (TPSA) is 95.7 Å². The minimum Gasteiger partial charge on any atom is -0.463 e. The van der Waals surface area contributed by atoms with E-state index in [4.69, 9.17) is 4.74 Å². The van der Waals surface area contributed by atoms with Crippen molar-refractivity contribution in [1.82, 2.24) is 0 Å². The highest BCUT2D eigenvalue weighted by Crippen LogP contribution is 2.13. The molecule has 19 heavy (non-hydrogen) atoms. The normalized spacial score (nSPS) is 11.5. The molecule has 1 unspecified atom stereocenters. The molecule has 1 aromatic rings. The van der Waals surface area contributed by atoms with Gasteiger partial charge >= 0.3 is 11.9 Å². The summed E-state index contributed by atoms with van der Waals surface area (Å²) in [5.41, 5.74) is -0.00302. The zero-order chi connectivity index (χ0) is 14.4. The molecule has 0 aliphatic rings. The van der Waals surface area contributed by atoms with Crippen LogP contribution in [0.15, 0.2) is 24.3 Å². The summed E-state index contributed by atoms with van der Waals surface area (Å²) in [4.78, 5) is 32.8. The van der Waals surface area contributed by atoms with Gasteiger partial charge in [-0.2, -0.15) is 0 Å². The highest BCUT2D eigenvalue weighted by atomic mass is 16.6. The van der Waals surface area contributed by atoms with Crippen molar-refractivity contribution < 1.29 is 24.0 Å². The Morgan fingerprint density at radius 2 is 1.89 bits per heavy atom. The van der Waals surface area contributed by atoms with E-state index in [2.05, 4.69) is 4.74 Å². The molecule has 7 nitrogen and oxygen atoms in total. The first-order chi connectivity index (χ1) is 8.95. The first-order valence-electron chi connectivity index (χ1n) is 5.57. The van der Waals surface area contributed by atoms with Gasteiger partial charge in [-0.25, -0.2) is 9.59 Å². The fraction of sp³-hybridized carbons (Fsp3) is 0.333. The van der Waals surface area contributed by atoms with Crippen LogP contribution in [-0.2, 0) is 14.3 Å². The fourth-order valence-corrected chi connectivity index (χ4v) is 1.26. The number of hydrogen-bond acceptors (Lipinski definition) is 6. The van der Waals surface area contributed by atoms with Crippen LogP contribution in [-0.4, -0.2) is 29.6 Å². The summed E-state index contributed by atoms with van der Waals surface area (Å²) in [6, 6.07) is 4.90. The van der Waals surface area contributed by atoms with E-state index in [1.54, 1.807) is 6.92 Å². The molecule has 0 fully saturated rings. The number of benzene rings is 1. The Hall–Kier alpha value is -2.44. The van der Waals surface area contributed by atoms with Crippen LogP contribution < -0.4 is 0 Å². The third-order valence-corrected chi connectivity index (χ3v) is 2.22. The zero-order valence-corrected chi connectivity index (χ0v) is 10.5. The van der Waals surface area contributed by atoms with Crippen molar-refractivity contribution >= 4 is 17.6 Å². The van der Waals surface area contributed by atoms with Crippen molar-refractivity contribution in [2.75, 3.05) is 6.61 Å². The van der Waals surface area contributed by atoms with Crippen LogP contribution in [0, 0.1) is 10.1 Å². The predicted molar refractivity (Wildman–Crippen MR) is 64.6 cm³/mol. The molecule has 0 bridgehead atoms. The second-order valence-corrected chi connectivity index (χ2v) is 3.60. The SMILES string of the molecule is CCOC(=O)C(C)OC(=O)c1ccc([N+](=O)[O-])cc1. The van der Waals surface area contributed by atoms with Crippen molar-refractivity contribution in [1.29, 1.82) is 0 Å². The molecule has 0 heterocycles. The first kappa shape index (κ1) is 14.6. The largest absolute Gasteiger partial charge is 0.463 e. The van der Waals surface area contributed by atoms with Crippen molar-refractivity contribution in [2.45, 2.75) is 20.0 Å². The zero-order valence-electron chi connectivity index (χ0n) is 10.5. The van der Waals surface area contributed by atoms with Gasteiger partial charge in [0.15, 0.2) is 6.10 Å². The van der Waals surface area contributed by atoms with Gasteiger partial charge < -0.3 is 9.47 Å². The van der Waals surface area contributed by atoms with Crippen LogP contribution in [0.5, 0.6) is 0 Å². The van der Waals surface area contributed by atoms with Gasteiger partial charge in [0.05, 0.1) is 17.1 Å². The molecular formula is C12H13NO6. The molecule has 1 rings (SSSR count). The number of non-ortho nitro benzene ring substituents is 1. The molecule has 0 saturated heterocycles. The van der Waals surface area contributed by atoms with Crippen LogP contribution in [0.3, 0.4) is 0 Å². The molecule has 0 aromatic heterocycles. The summed E-state index contributed by atoms with van der Waals surface area (Å²) in [7, 11) is 0. The van der Waals surface area contributed by atoms with Crippen LogP contribution in [0.25, 0.3) is 0 Å². The molecule has 102 valence electrons. The molecule has 0 radical (unpaired) electrons. The smallest absolute Gasteiger partial charge is 0.347 e. The molecule has 1 aromatic carbocycles. The van der Waals surface area contributed by atoms with E-state index in [1.807, 2.05) is 0 Å². The van der Waals surface area contributed by atoms with Crippen molar-refractivity contribution in [3.05, 3.63) is 39.9 Å². The summed E-state index contributed by atoms with van der Waals surface area (Å²) in [6.45, 7) is 3.22. The maximum absolute atomic E-state index is 11.6. The average molecular weight is 267 g/mol. The van der Waals surface area contributed by atoms with Gasteiger partial charge in [0.25, 0.3) is 5.69 Å². The van der Waals surface area contributed by atoms with Gasteiger partial charge in [-0.15, -0.1) is 0 Å². The predicted octanol–water partition coefficient (Wildman–Crippen LogP) is 1.70. The van der Waals surface area contributed by atoms with E-state index in [-0.39, 0.29) is 17.9 Å². The molecule has 1 atom stereocenters. The number of nitro groups is 1. The number of esters is 2. The van der Waals surface area contributed by atoms with Gasteiger partial charge in [-0.3, -0.25) is 10.1 Å². The average Bonchev–Trinajstić information content (AvgIpc) is 2.38. The van der Waals surface area contributed by atoms with Crippen molar-refractivity contribution in [3.8, 4) is 0 Å². The summed E-state index contributed by atoms with van der Waals surface area (Å²) < 4.78 is 9.55. The summed E-state index contributed by atoms with van der Waals surface area (Å²) in [5, 5.41) is 10.4. The molecule has 0 amide bonds. The second-order valence-electron chi connectivity index (χ2n) is 3.60. The quantitative estimate of drug-likeness (QED) is 0.457. The number of hydrogen-bond donors (Lipinski definition) is 0. The van der Waals surface area contributed by atoms with Gasteiger partial charge in [0, 0.05) is 12.1 Å². The molecule has 0 spiro atoms. The number of rotatable bonds is 5. The maximum atomic E-state index is 11.6. The van der Waals surface area contributed by atoms with Crippen molar-refractivity contribution in [2.24, 2.45) is 0 Å². The summed E-state index contributed by atoms with van der Waals surface area (Å²) in [5.74, 6) is -1.38. The summed E-state index contributed by atoms with van der Waals surface area (Å²) >= 11 is 0. The number of carbonyl (C=O) groups is 2. The Balaban J connectivity index is 2.68. The lowest BCUT2D eigenvalue weighted by Gasteiger charge is -2.11. The fourth-order valence-electron chi connectivity index (χ4n) is 1.26.